The predicted octanol–water partition coefficient (Wildman–Crippen LogP) is 6.77. The molecular formula is C19H14F4O2S. The van der Waals surface area contributed by atoms with E-state index in [1.807, 2.05) is 0 Å². The van der Waals surface area contributed by atoms with Gasteiger partial charge in [-0.1, -0.05) is 0 Å². The van der Waals surface area contributed by atoms with Gasteiger partial charge in [0.25, 0.3) is 0 Å². The fourth-order valence-corrected chi connectivity index (χ4v) is 4.44. The normalized spacial score (nSPS) is 14.9. The zero-order valence-corrected chi connectivity index (χ0v) is 14.3. The Morgan fingerprint density at radius 3 is 2.12 bits per heavy atom. The van der Waals surface area contributed by atoms with Gasteiger partial charge in [0.2, 0.25) is 0 Å². The molecule has 1 fully saturated rings. The van der Waals surface area contributed by atoms with Crippen LogP contribution in [0.5, 0.6) is 11.5 Å². The van der Waals surface area contributed by atoms with Crippen LogP contribution in [0, 0.1) is 11.6 Å². The van der Waals surface area contributed by atoms with Crippen LogP contribution in [-0.2, 0) is 0 Å². The number of rotatable bonds is 4. The van der Waals surface area contributed by atoms with Crippen molar-refractivity contribution in [3.63, 3.8) is 0 Å². The average molecular weight is 382 g/mol. The minimum Gasteiger partial charge on any atom is -0.487 e. The van der Waals surface area contributed by atoms with Crippen molar-refractivity contribution in [3.8, 4) is 11.5 Å². The van der Waals surface area contributed by atoms with Crippen molar-refractivity contribution in [2.75, 3.05) is 0 Å². The number of hydrogen-bond acceptors (Lipinski definition) is 3. The van der Waals surface area contributed by atoms with Gasteiger partial charge in [-0.15, -0.1) is 11.3 Å². The van der Waals surface area contributed by atoms with Crippen molar-refractivity contribution in [2.24, 2.45) is 0 Å². The Kier molecular flexibility index (Phi) is 4.48. The van der Waals surface area contributed by atoms with Crippen molar-refractivity contribution in [3.05, 3.63) is 48.2 Å². The van der Waals surface area contributed by atoms with E-state index in [0.29, 0.717) is 10.8 Å². The maximum atomic E-state index is 14.9. The van der Waals surface area contributed by atoms with Crippen LogP contribution in [0.1, 0.15) is 25.7 Å². The van der Waals surface area contributed by atoms with E-state index in [4.69, 9.17) is 4.74 Å². The van der Waals surface area contributed by atoms with Crippen molar-refractivity contribution < 1.29 is 27.0 Å². The molecule has 3 aromatic rings. The monoisotopic (exact) mass is 382 g/mol. The summed E-state index contributed by atoms with van der Waals surface area (Å²) in [6.07, 6.45) is 2.05. The van der Waals surface area contributed by atoms with Gasteiger partial charge < -0.3 is 9.47 Å². The lowest BCUT2D eigenvalue weighted by molar-refractivity contribution is 0.201. The minimum atomic E-state index is -2.07. The predicted molar refractivity (Wildman–Crippen MR) is 93.1 cm³/mol. The van der Waals surface area contributed by atoms with Crippen molar-refractivity contribution in [1.82, 2.24) is 0 Å². The molecule has 4 rings (SSSR count). The van der Waals surface area contributed by atoms with Crippen LogP contribution in [0.2, 0.25) is 0 Å². The first kappa shape index (κ1) is 17.1. The first-order chi connectivity index (χ1) is 12.5. The lowest BCUT2D eigenvalue weighted by Crippen LogP contribution is -2.11. The van der Waals surface area contributed by atoms with Gasteiger partial charge >= 0.3 is 6.08 Å². The number of benzene rings is 2. The second-order valence-electron chi connectivity index (χ2n) is 6.16. The highest BCUT2D eigenvalue weighted by Crippen LogP contribution is 2.42. The Labute approximate surface area is 150 Å². The summed E-state index contributed by atoms with van der Waals surface area (Å²) in [5.74, 6) is -1.49. The molecule has 1 heterocycles. The molecule has 136 valence electrons. The van der Waals surface area contributed by atoms with Gasteiger partial charge in [0.1, 0.15) is 0 Å². The molecule has 2 nitrogen and oxygen atoms in total. The molecule has 0 atom stereocenters. The molecule has 7 heteroatoms. The van der Waals surface area contributed by atoms with Crippen LogP contribution in [0.15, 0.2) is 36.6 Å². The summed E-state index contributed by atoms with van der Waals surface area (Å²) in [7, 11) is 0. The smallest absolute Gasteiger partial charge is 0.305 e. The minimum absolute atomic E-state index is 0.00968. The number of ether oxygens (including phenoxy) is 2. The van der Waals surface area contributed by atoms with Gasteiger partial charge in [-0.25, -0.2) is 8.78 Å². The number of halogens is 4. The summed E-state index contributed by atoms with van der Waals surface area (Å²) in [5.41, 5.74) is 0. The van der Waals surface area contributed by atoms with Gasteiger partial charge in [0.15, 0.2) is 29.4 Å². The van der Waals surface area contributed by atoms with Gasteiger partial charge in [0.05, 0.1) is 15.5 Å². The van der Waals surface area contributed by atoms with Crippen molar-refractivity contribution >= 4 is 31.5 Å². The van der Waals surface area contributed by atoms with Crippen LogP contribution >= 0.6 is 11.3 Å². The molecule has 0 spiro atoms. The van der Waals surface area contributed by atoms with Crippen LogP contribution in [-0.4, -0.2) is 6.10 Å². The molecule has 0 aliphatic heterocycles. The van der Waals surface area contributed by atoms with Crippen LogP contribution in [0.3, 0.4) is 0 Å². The summed E-state index contributed by atoms with van der Waals surface area (Å²) in [6, 6.07) is 6.05. The molecule has 0 radical (unpaired) electrons. The Bertz CT molecular complexity index is 1000. The largest absolute Gasteiger partial charge is 0.487 e. The first-order valence-corrected chi connectivity index (χ1v) is 9.04. The summed E-state index contributed by atoms with van der Waals surface area (Å²) >= 11 is 0.917. The molecule has 1 aromatic heterocycles. The summed E-state index contributed by atoms with van der Waals surface area (Å²) < 4.78 is 64.6. The molecule has 0 N–H and O–H groups in total. The fourth-order valence-electron chi connectivity index (χ4n) is 3.28. The molecule has 1 aliphatic rings. The SMILES string of the molecule is FC(F)=COc1ccc2c(sc3c(F)c(OC4CCCC4)ccc32)c1F. The lowest BCUT2D eigenvalue weighted by atomic mass is 10.1. The van der Waals surface area contributed by atoms with E-state index in [2.05, 4.69) is 4.74 Å². The van der Waals surface area contributed by atoms with Crippen LogP contribution in [0.4, 0.5) is 17.6 Å². The van der Waals surface area contributed by atoms with Gasteiger partial charge in [-0.3, -0.25) is 0 Å². The molecule has 2 aromatic carbocycles. The van der Waals surface area contributed by atoms with Gasteiger partial charge in [-0.2, -0.15) is 8.78 Å². The molecule has 1 saturated carbocycles. The highest BCUT2D eigenvalue weighted by atomic mass is 32.1. The van der Waals surface area contributed by atoms with E-state index >= 15 is 0 Å². The number of thiophene rings is 1. The maximum Gasteiger partial charge on any atom is 0.305 e. The zero-order chi connectivity index (χ0) is 18.3. The highest BCUT2D eigenvalue weighted by Gasteiger charge is 2.21. The fraction of sp³-hybridized carbons (Fsp3) is 0.263. The topological polar surface area (TPSA) is 18.5 Å². The van der Waals surface area contributed by atoms with Crippen molar-refractivity contribution in [1.29, 1.82) is 0 Å². The summed E-state index contributed by atoms with van der Waals surface area (Å²) in [4.78, 5) is 0. The lowest BCUT2D eigenvalue weighted by Gasteiger charge is -2.13. The standard InChI is InChI=1S/C19H14F4O2S/c20-15(21)9-24-13-7-5-11-12-6-8-14(25-10-3-1-2-4-10)17(23)19(12)26-18(11)16(13)22/h5-10H,1-4H2. The quantitative estimate of drug-likeness (QED) is 0.366. The van der Waals surface area contributed by atoms with E-state index in [9.17, 15) is 17.6 Å². The van der Waals surface area contributed by atoms with Crippen molar-refractivity contribution in [2.45, 2.75) is 31.8 Å². The molecule has 0 bridgehead atoms. The second kappa shape index (κ2) is 6.79. The molecule has 1 aliphatic carbocycles. The highest BCUT2D eigenvalue weighted by molar-refractivity contribution is 7.25. The van der Waals surface area contributed by atoms with E-state index < -0.39 is 17.7 Å². The second-order valence-corrected chi connectivity index (χ2v) is 7.18. The van der Waals surface area contributed by atoms with Gasteiger partial charge in [-0.05, 0) is 49.9 Å². The molecule has 0 saturated heterocycles. The van der Waals surface area contributed by atoms with Crippen LogP contribution < -0.4 is 9.47 Å². The number of hydrogen-bond donors (Lipinski definition) is 0. The average Bonchev–Trinajstić information content (AvgIpc) is 3.25. The molecular weight excluding hydrogens is 368 g/mol. The number of fused-ring (bicyclic) bond motifs is 3. The van der Waals surface area contributed by atoms with E-state index in [1.165, 1.54) is 12.1 Å². The molecule has 0 unspecified atom stereocenters. The van der Waals surface area contributed by atoms with Crippen LogP contribution in [0.25, 0.3) is 20.2 Å². The Morgan fingerprint density at radius 2 is 1.50 bits per heavy atom. The van der Waals surface area contributed by atoms with Gasteiger partial charge in [0, 0.05) is 10.8 Å². The van der Waals surface area contributed by atoms with E-state index in [0.717, 1.165) is 37.0 Å². The van der Waals surface area contributed by atoms with E-state index in [1.54, 1.807) is 12.1 Å². The Morgan fingerprint density at radius 1 is 0.923 bits per heavy atom. The third kappa shape index (κ3) is 3.00. The Balaban J connectivity index is 1.78. The first-order valence-electron chi connectivity index (χ1n) is 8.22. The molecule has 0 amide bonds. The maximum absolute atomic E-state index is 14.9. The summed E-state index contributed by atoms with van der Waals surface area (Å²) in [5, 5.41) is 1.06. The summed E-state index contributed by atoms with van der Waals surface area (Å²) in [6.45, 7) is 0. The molecule has 26 heavy (non-hydrogen) atoms. The third-order valence-electron chi connectivity index (χ3n) is 4.49. The zero-order valence-electron chi connectivity index (χ0n) is 13.5. The third-order valence-corrected chi connectivity index (χ3v) is 5.69. The van der Waals surface area contributed by atoms with E-state index in [-0.39, 0.29) is 33.3 Å². The Hall–Kier alpha value is -2.28.